The lowest BCUT2D eigenvalue weighted by Gasteiger charge is -2.19. The number of hydrogen-bond acceptors (Lipinski definition) is 5. The van der Waals surface area contributed by atoms with E-state index in [-0.39, 0.29) is 29.9 Å². The molecular weight excluding hydrogens is 436 g/mol. The Labute approximate surface area is 196 Å². The fourth-order valence-electron chi connectivity index (χ4n) is 4.22. The van der Waals surface area contributed by atoms with Crippen molar-refractivity contribution in [3.05, 3.63) is 77.7 Å². The molecule has 34 heavy (non-hydrogen) atoms. The molecule has 8 nitrogen and oxygen atoms in total. The van der Waals surface area contributed by atoms with E-state index in [0.29, 0.717) is 6.42 Å². The van der Waals surface area contributed by atoms with Gasteiger partial charge in [-0.1, -0.05) is 68.8 Å². The van der Waals surface area contributed by atoms with Gasteiger partial charge in [-0.25, -0.2) is 9.59 Å². The van der Waals surface area contributed by atoms with Gasteiger partial charge in [0.2, 0.25) is 5.76 Å². The predicted octanol–water partition coefficient (Wildman–Crippen LogP) is 4.87. The summed E-state index contributed by atoms with van der Waals surface area (Å²) in [6.07, 6.45) is 1.07. The molecule has 3 aromatic rings. The normalized spacial score (nSPS) is 13.9. The number of benzene rings is 2. The first-order valence-corrected chi connectivity index (χ1v) is 11.1. The van der Waals surface area contributed by atoms with Crippen molar-refractivity contribution in [3.8, 4) is 11.1 Å². The van der Waals surface area contributed by atoms with E-state index in [1.54, 1.807) is 6.92 Å². The SMILES string of the molecule is CCC(C)[C@H](NC(=O)c1occc1NC(=O)OCC1c2ccccc2-c2ccccc21)C(=O)O. The second-order valence-corrected chi connectivity index (χ2v) is 8.29. The molecule has 1 heterocycles. The van der Waals surface area contributed by atoms with Gasteiger partial charge in [0.25, 0.3) is 5.91 Å². The maximum absolute atomic E-state index is 12.6. The number of hydrogen-bond donors (Lipinski definition) is 3. The number of carboxylic acid groups (broad SMARTS) is 1. The third-order valence-corrected chi connectivity index (χ3v) is 6.22. The average Bonchev–Trinajstić information content (AvgIpc) is 3.43. The fourth-order valence-corrected chi connectivity index (χ4v) is 4.22. The Morgan fingerprint density at radius 1 is 1.03 bits per heavy atom. The molecule has 1 aromatic heterocycles. The van der Waals surface area contributed by atoms with Gasteiger partial charge in [0.15, 0.2) is 0 Å². The van der Waals surface area contributed by atoms with E-state index in [9.17, 15) is 19.5 Å². The van der Waals surface area contributed by atoms with Crippen LogP contribution in [0.2, 0.25) is 0 Å². The number of nitrogens with one attached hydrogen (secondary N) is 2. The highest BCUT2D eigenvalue weighted by molar-refractivity contribution is 6.01. The highest BCUT2D eigenvalue weighted by Gasteiger charge is 2.30. The van der Waals surface area contributed by atoms with Crippen LogP contribution in [0.3, 0.4) is 0 Å². The predicted molar refractivity (Wildman–Crippen MR) is 126 cm³/mol. The Morgan fingerprint density at radius 3 is 2.24 bits per heavy atom. The van der Waals surface area contributed by atoms with Crippen LogP contribution in [0.25, 0.3) is 11.1 Å². The third kappa shape index (κ3) is 4.52. The number of furan rings is 1. The number of ether oxygens (including phenoxy) is 1. The number of fused-ring (bicyclic) bond motifs is 3. The van der Waals surface area contributed by atoms with E-state index in [1.807, 2.05) is 55.5 Å². The van der Waals surface area contributed by atoms with E-state index < -0.39 is 24.0 Å². The van der Waals surface area contributed by atoms with E-state index in [0.717, 1.165) is 22.3 Å². The quantitative estimate of drug-likeness (QED) is 0.440. The number of rotatable bonds is 8. The van der Waals surface area contributed by atoms with Gasteiger partial charge in [0.1, 0.15) is 12.6 Å². The minimum Gasteiger partial charge on any atom is -0.480 e. The molecule has 1 aliphatic carbocycles. The van der Waals surface area contributed by atoms with Crippen molar-refractivity contribution in [1.29, 1.82) is 0 Å². The van der Waals surface area contributed by atoms with Crippen LogP contribution >= 0.6 is 0 Å². The summed E-state index contributed by atoms with van der Waals surface area (Å²) in [6, 6.07) is 16.4. The summed E-state index contributed by atoms with van der Waals surface area (Å²) in [6.45, 7) is 3.69. The number of aliphatic carboxylic acids is 1. The minimum atomic E-state index is -1.14. The molecule has 3 N–H and O–H groups in total. The maximum Gasteiger partial charge on any atom is 0.411 e. The fraction of sp³-hybridized carbons (Fsp3) is 0.269. The first-order valence-electron chi connectivity index (χ1n) is 11.1. The topological polar surface area (TPSA) is 118 Å². The minimum absolute atomic E-state index is 0.0999. The number of carbonyl (C=O) groups excluding carboxylic acids is 2. The standard InChI is InChI=1S/C26H26N2O6/c1-3-15(2)22(25(30)31)28-24(29)23-21(12-13-33-23)27-26(32)34-14-20-18-10-6-4-8-16(18)17-9-5-7-11-19(17)20/h4-13,15,20,22H,3,14H2,1-2H3,(H,27,32)(H,28,29)(H,30,31)/t15?,22-/m0/s1. The molecule has 0 spiro atoms. The van der Waals surface area contributed by atoms with Crippen LogP contribution in [0.15, 0.2) is 65.3 Å². The summed E-state index contributed by atoms with van der Waals surface area (Å²) in [5, 5.41) is 14.4. The van der Waals surface area contributed by atoms with Gasteiger partial charge in [-0.3, -0.25) is 10.1 Å². The highest BCUT2D eigenvalue weighted by Crippen LogP contribution is 2.44. The third-order valence-electron chi connectivity index (χ3n) is 6.22. The van der Waals surface area contributed by atoms with Gasteiger partial charge in [0.05, 0.1) is 12.0 Å². The van der Waals surface area contributed by atoms with Crippen molar-refractivity contribution in [2.75, 3.05) is 11.9 Å². The van der Waals surface area contributed by atoms with Gasteiger partial charge in [-0.2, -0.15) is 0 Å². The van der Waals surface area contributed by atoms with E-state index in [2.05, 4.69) is 10.6 Å². The molecule has 2 amide bonds. The molecule has 0 fully saturated rings. The zero-order chi connectivity index (χ0) is 24.2. The monoisotopic (exact) mass is 462 g/mol. The van der Waals surface area contributed by atoms with Crippen molar-refractivity contribution < 1.29 is 28.6 Å². The lowest BCUT2D eigenvalue weighted by Crippen LogP contribution is -2.45. The molecule has 2 aromatic carbocycles. The van der Waals surface area contributed by atoms with Crippen LogP contribution in [-0.2, 0) is 9.53 Å². The molecule has 4 rings (SSSR count). The van der Waals surface area contributed by atoms with Crippen molar-refractivity contribution >= 4 is 23.7 Å². The Balaban J connectivity index is 1.42. The number of anilines is 1. The van der Waals surface area contributed by atoms with Gasteiger partial charge in [0, 0.05) is 12.0 Å². The van der Waals surface area contributed by atoms with Crippen molar-refractivity contribution in [1.82, 2.24) is 5.32 Å². The zero-order valence-electron chi connectivity index (χ0n) is 18.9. The average molecular weight is 463 g/mol. The number of amides is 2. The van der Waals surface area contributed by atoms with E-state index in [1.165, 1.54) is 12.3 Å². The van der Waals surface area contributed by atoms with Crippen LogP contribution in [0.1, 0.15) is 47.9 Å². The van der Waals surface area contributed by atoms with Crippen molar-refractivity contribution in [3.63, 3.8) is 0 Å². The highest BCUT2D eigenvalue weighted by atomic mass is 16.5. The summed E-state index contributed by atoms with van der Waals surface area (Å²) in [4.78, 5) is 36.7. The molecule has 8 heteroatoms. The summed E-state index contributed by atoms with van der Waals surface area (Å²) < 4.78 is 10.7. The number of carboxylic acids is 1. The molecule has 176 valence electrons. The van der Waals surface area contributed by atoms with Gasteiger partial charge < -0.3 is 19.6 Å². The molecule has 0 bridgehead atoms. The molecule has 0 radical (unpaired) electrons. The first-order chi connectivity index (χ1) is 16.4. The Kier molecular flexibility index (Phi) is 6.67. The van der Waals surface area contributed by atoms with Gasteiger partial charge in [-0.05, 0) is 28.2 Å². The zero-order valence-corrected chi connectivity index (χ0v) is 18.9. The van der Waals surface area contributed by atoms with E-state index in [4.69, 9.17) is 9.15 Å². The smallest absolute Gasteiger partial charge is 0.411 e. The Hall–Kier alpha value is -4.07. The van der Waals surface area contributed by atoms with Crippen LogP contribution in [0.5, 0.6) is 0 Å². The van der Waals surface area contributed by atoms with E-state index >= 15 is 0 Å². The van der Waals surface area contributed by atoms with Crippen LogP contribution in [0, 0.1) is 5.92 Å². The van der Waals surface area contributed by atoms with Gasteiger partial charge >= 0.3 is 12.1 Å². The second kappa shape index (κ2) is 9.82. The first kappa shape index (κ1) is 23.1. The lowest BCUT2D eigenvalue weighted by molar-refractivity contribution is -0.140. The number of carbonyl (C=O) groups is 3. The van der Waals surface area contributed by atoms with Crippen LogP contribution < -0.4 is 10.6 Å². The largest absolute Gasteiger partial charge is 0.480 e. The molecule has 0 saturated carbocycles. The maximum atomic E-state index is 12.6. The molecule has 1 aliphatic rings. The molecule has 0 aliphatic heterocycles. The van der Waals surface area contributed by atoms with Crippen LogP contribution in [-0.4, -0.2) is 35.7 Å². The Bertz CT molecular complexity index is 1170. The summed E-state index contributed by atoms with van der Waals surface area (Å²) in [5.41, 5.74) is 4.52. The van der Waals surface area contributed by atoms with Crippen molar-refractivity contribution in [2.45, 2.75) is 32.2 Å². The van der Waals surface area contributed by atoms with Crippen molar-refractivity contribution in [2.24, 2.45) is 5.92 Å². The lowest BCUT2D eigenvalue weighted by atomic mass is 9.98. The molecular formula is C26H26N2O6. The molecule has 1 unspecified atom stereocenters. The summed E-state index contributed by atoms with van der Waals surface area (Å²) in [7, 11) is 0. The van der Waals surface area contributed by atoms with Gasteiger partial charge in [-0.15, -0.1) is 0 Å². The summed E-state index contributed by atoms with van der Waals surface area (Å²) in [5.74, 6) is -2.44. The Morgan fingerprint density at radius 2 is 1.65 bits per heavy atom. The summed E-state index contributed by atoms with van der Waals surface area (Å²) >= 11 is 0. The van der Waals surface area contributed by atoms with Crippen LogP contribution in [0.4, 0.5) is 10.5 Å². The molecule has 2 atom stereocenters. The molecule has 0 saturated heterocycles. The second-order valence-electron chi connectivity index (χ2n) is 8.29.